The number of piperidine rings is 1. The van der Waals surface area contributed by atoms with Gasteiger partial charge in [-0.15, -0.1) is 0 Å². The Labute approximate surface area is 112 Å². The quantitative estimate of drug-likeness (QED) is 0.838. The van der Waals surface area contributed by atoms with Crippen molar-refractivity contribution in [1.82, 2.24) is 15.2 Å². The highest BCUT2D eigenvalue weighted by Gasteiger charge is 2.36. The van der Waals surface area contributed by atoms with E-state index >= 15 is 0 Å². The van der Waals surface area contributed by atoms with E-state index in [0.717, 1.165) is 25.9 Å². The van der Waals surface area contributed by atoms with Crippen molar-refractivity contribution in [3.8, 4) is 5.75 Å². The Morgan fingerprint density at radius 1 is 1.37 bits per heavy atom. The van der Waals surface area contributed by atoms with Crippen molar-refractivity contribution in [2.45, 2.75) is 37.8 Å². The van der Waals surface area contributed by atoms with Crippen LogP contribution in [0.2, 0.25) is 0 Å². The van der Waals surface area contributed by atoms with Crippen LogP contribution >= 0.6 is 0 Å². The number of hydrogen-bond acceptors (Lipinski definition) is 4. The Bertz CT molecular complexity index is 478. The molecule has 2 saturated heterocycles. The van der Waals surface area contributed by atoms with Gasteiger partial charge in [-0.1, -0.05) is 6.42 Å². The van der Waals surface area contributed by atoms with Gasteiger partial charge in [0.15, 0.2) is 5.69 Å². The number of amides is 1. The Kier molecular flexibility index (Phi) is 3.38. The van der Waals surface area contributed by atoms with Crippen molar-refractivity contribution in [3.63, 3.8) is 0 Å². The van der Waals surface area contributed by atoms with Gasteiger partial charge in [0.1, 0.15) is 5.75 Å². The van der Waals surface area contributed by atoms with Gasteiger partial charge in [-0.25, -0.2) is 4.98 Å². The zero-order valence-corrected chi connectivity index (χ0v) is 10.9. The van der Waals surface area contributed by atoms with E-state index in [1.54, 1.807) is 6.07 Å². The minimum atomic E-state index is -0.268. The summed E-state index contributed by atoms with van der Waals surface area (Å²) in [5, 5.41) is 12.7. The number of carbonyl (C=O) groups is 1. The van der Waals surface area contributed by atoms with Crippen LogP contribution in [0.3, 0.4) is 0 Å². The molecule has 0 spiro atoms. The van der Waals surface area contributed by atoms with Gasteiger partial charge in [0.25, 0.3) is 5.91 Å². The molecule has 5 heteroatoms. The van der Waals surface area contributed by atoms with Crippen molar-refractivity contribution in [3.05, 3.63) is 24.0 Å². The van der Waals surface area contributed by atoms with Gasteiger partial charge in [0.2, 0.25) is 0 Å². The average molecular weight is 261 g/mol. The minimum Gasteiger partial charge on any atom is -0.505 e. The number of hydrogen-bond donors (Lipinski definition) is 2. The number of aromatic nitrogens is 1. The zero-order chi connectivity index (χ0) is 13.2. The first kappa shape index (κ1) is 12.4. The first-order chi connectivity index (χ1) is 9.25. The molecule has 3 rings (SSSR count). The molecule has 3 heterocycles. The van der Waals surface area contributed by atoms with Gasteiger partial charge >= 0.3 is 0 Å². The molecule has 2 fully saturated rings. The van der Waals surface area contributed by atoms with Gasteiger partial charge in [0.05, 0.1) is 0 Å². The molecule has 2 aliphatic heterocycles. The molecule has 5 nitrogen and oxygen atoms in total. The van der Waals surface area contributed by atoms with Crippen LogP contribution in [0.4, 0.5) is 0 Å². The minimum absolute atomic E-state index is 0.0569. The Hall–Kier alpha value is -1.62. The van der Waals surface area contributed by atoms with E-state index < -0.39 is 0 Å². The molecule has 1 aromatic heterocycles. The summed E-state index contributed by atoms with van der Waals surface area (Å²) < 4.78 is 0. The lowest BCUT2D eigenvalue weighted by molar-refractivity contribution is 0.0907. The molecule has 2 atom stereocenters. The van der Waals surface area contributed by atoms with E-state index in [1.807, 2.05) is 0 Å². The van der Waals surface area contributed by atoms with Crippen LogP contribution in [-0.4, -0.2) is 46.1 Å². The molecule has 0 radical (unpaired) electrons. The van der Waals surface area contributed by atoms with Crippen molar-refractivity contribution >= 4 is 5.91 Å². The Balaban J connectivity index is 1.68. The molecule has 1 aromatic rings. The number of pyridine rings is 1. The van der Waals surface area contributed by atoms with Gasteiger partial charge in [-0.05, 0) is 37.9 Å². The smallest absolute Gasteiger partial charge is 0.274 e. The van der Waals surface area contributed by atoms with Crippen molar-refractivity contribution in [2.24, 2.45) is 0 Å². The van der Waals surface area contributed by atoms with Crippen LogP contribution in [0.15, 0.2) is 18.3 Å². The van der Waals surface area contributed by atoms with E-state index in [4.69, 9.17) is 0 Å². The second kappa shape index (κ2) is 5.17. The molecule has 0 aliphatic carbocycles. The maximum Gasteiger partial charge on any atom is 0.274 e. The third-order valence-corrected chi connectivity index (χ3v) is 4.17. The standard InChI is InChI=1S/C14H19N3O2/c18-12-5-3-7-15-13(12)14(19)16-10-6-9-17-8-2-1-4-11(10)17/h3,5,7,10-11,18H,1-2,4,6,8-9H2,(H,16,19). The molecular formula is C14H19N3O2. The van der Waals surface area contributed by atoms with Gasteiger partial charge in [0, 0.05) is 24.8 Å². The third-order valence-electron chi connectivity index (χ3n) is 4.17. The molecule has 0 saturated carbocycles. The SMILES string of the molecule is O=C(NC1CCN2CCCCC12)c1ncccc1O. The number of rotatable bonds is 2. The number of carbonyl (C=O) groups excluding carboxylic acids is 1. The van der Waals surface area contributed by atoms with E-state index in [-0.39, 0.29) is 23.4 Å². The first-order valence-electron chi connectivity index (χ1n) is 6.94. The monoisotopic (exact) mass is 261 g/mol. The fraction of sp³-hybridized carbons (Fsp3) is 0.571. The first-order valence-corrected chi connectivity index (χ1v) is 6.94. The molecule has 19 heavy (non-hydrogen) atoms. The van der Waals surface area contributed by atoms with Crippen molar-refractivity contribution < 1.29 is 9.90 Å². The second-order valence-electron chi connectivity index (χ2n) is 5.34. The van der Waals surface area contributed by atoms with Crippen LogP contribution < -0.4 is 5.32 Å². The van der Waals surface area contributed by atoms with E-state index in [9.17, 15) is 9.90 Å². The molecular weight excluding hydrogens is 242 g/mol. The highest BCUT2D eigenvalue weighted by molar-refractivity contribution is 5.94. The number of aromatic hydroxyl groups is 1. The molecule has 0 bridgehead atoms. The van der Waals surface area contributed by atoms with Crippen molar-refractivity contribution in [1.29, 1.82) is 0 Å². The van der Waals surface area contributed by atoms with Crippen LogP contribution in [0.1, 0.15) is 36.2 Å². The molecule has 2 unspecified atom stereocenters. The largest absolute Gasteiger partial charge is 0.505 e. The fourth-order valence-corrected chi connectivity index (χ4v) is 3.22. The van der Waals surface area contributed by atoms with Crippen molar-refractivity contribution in [2.75, 3.05) is 13.1 Å². The highest BCUT2D eigenvalue weighted by Crippen LogP contribution is 2.27. The van der Waals surface area contributed by atoms with Gasteiger partial charge in [-0.2, -0.15) is 0 Å². The predicted molar refractivity (Wildman–Crippen MR) is 71.0 cm³/mol. The van der Waals surface area contributed by atoms with Gasteiger partial charge in [-0.3, -0.25) is 9.69 Å². The Morgan fingerprint density at radius 2 is 2.26 bits per heavy atom. The molecule has 102 valence electrons. The van der Waals surface area contributed by atoms with E-state index in [1.165, 1.54) is 25.1 Å². The lowest BCUT2D eigenvalue weighted by atomic mass is 9.99. The third kappa shape index (κ3) is 2.42. The topological polar surface area (TPSA) is 65.5 Å². The lowest BCUT2D eigenvalue weighted by Crippen LogP contribution is -2.46. The summed E-state index contributed by atoms with van der Waals surface area (Å²) in [5.41, 5.74) is 0.122. The lowest BCUT2D eigenvalue weighted by Gasteiger charge is -2.32. The summed E-state index contributed by atoms with van der Waals surface area (Å²) in [6.07, 6.45) is 6.17. The van der Waals surface area contributed by atoms with Crippen LogP contribution in [0.25, 0.3) is 0 Å². The molecule has 1 amide bonds. The number of fused-ring (bicyclic) bond motifs is 1. The van der Waals surface area contributed by atoms with Crippen LogP contribution in [-0.2, 0) is 0 Å². The summed E-state index contributed by atoms with van der Waals surface area (Å²) in [6.45, 7) is 2.20. The Morgan fingerprint density at radius 3 is 3.11 bits per heavy atom. The molecule has 0 aromatic carbocycles. The zero-order valence-electron chi connectivity index (χ0n) is 10.9. The number of nitrogens with one attached hydrogen (secondary N) is 1. The molecule has 2 aliphatic rings. The highest BCUT2D eigenvalue weighted by atomic mass is 16.3. The summed E-state index contributed by atoms with van der Waals surface area (Å²) in [5.74, 6) is -0.325. The van der Waals surface area contributed by atoms with E-state index in [2.05, 4.69) is 15.2 Å². The maximum absolute atomic E-state index is 12.1. The second-order valence-corrected chi connectivity index (χ2v) is 5.34. The maximum atomic E-state index is 12.1. The van der Waals surface area contributed by atoms with Crippen LogP contribution in [0.5, 0.6) is 5.75 Å². The summed E-state index contributed by atoms with van der Waals surface area (Å²) in [6, 6.07) is 3.76. The molecule has 2 N–H and O–H groups in total. The summed E-state index contributed by atoms with van der Waals surface area (Å²) in [7, 11) is 0. The average Bonchev–Trinajstić information content (AvgIpc) is 2.83. The fourth-order valence-electron chi connectivity index (χ4n) is 3.22. The normalized spacial score (nSPS) is 26.9. The summed E-state index contributed by atoms with van der Waals surface area (Å²) >= 11 is 0. The summed E-state index contributed by atoms with van der Waals surface area (Å²) in [4.78, 5) is 18.6. The van der Waals surface area contributed by atoms with Crippen LogP contribution in [0, 0.1) is 0 Å². The van der Waals surface area contributed by atoms with E-state index in [0.29, 0.717) is 6.04 Å². The number of nitrogens with zero attached hydrogens (tertiary/aromatic N) is 2. The van der Waals surface area contributed by atoms with Gasteiger partial charge < -0.3 is 10.4 Å². The predicted octanol–water partition coefficient (Wildman–Crippen LogP) is 1.14.